The van der Waals surface area contributed by atoms with Crippen molar-refractivity contribution in [3.63, 3.8) is 0 Å². The van der Waals surface area contributed by atoms with Gasteiger partial charge in [-0.1, -0.05) is 0 Å². The molecule has 0 bridgehead atoms. The number of rotatable bonds is 4. The summed E-state index contributed by atoms with van der Waals surface area (Å²) in [4.78, 5) is 16.0. The van der Waals surface area contributed by atoms with Gasteiger partial charge in [-0.15, -0.1) is 12.6 Å². The zero-order valence-corrected chi connectivity index (χ0v) is 11.2. The van der Waals surface area contributed by atoms with Crippen molar-refractivity contribution in [2.45, 2.75) is 11.3 Å². The first kappa shape index (κ1) is 13.5. The summed E-state index contributed by atoms with van der Waals surface area (Å²) in [7, 11) is 1.78. The number of halogens is 1. The zero-order chi connectivity index (χ0) is 13.8. The number of nitrogens with one attached hydrogen (secondary N) is 1. The largest absolute Gasteiger partial charge is 0.352 e. The minimum atomic E-state index is -0.447. The normalized spacial score (nSPS) is 10.5. The third-order valence-electron chi connectivity index (χ3n) is 2.49. The van der Waals surface area contributed by atoms with E-state index in [0.29, 0.717) is 24.4 Å². The highest BCUT2D eigenvalue weighted by atomic mass is 32.1. The van der Waals surface area contributed by atoms with Gasteiger partial charge in [0.2, 0.25) is 0 Å². The Labute approximate surface area is 115 Å². The summed E-state index contributed by atoms with van der Waals surface area (Å²) in [6, 6.07) is 4.04. The summed E-state index contributed by atoms with van der Waals surface area (Å²) in [5.74, 6) is -0.0550. The third-order valence-corrected chi connectivity index (χ3v) is 2.83. The van der Waals surface area contributed by atoms with Crippen molar-refractivity contribution in [2.75, 3.05) is 6.54 Å². The molecule has 0 aliphatic heterocycles. The Morgan fingerprint density at radius 2 is 2.32 bits per heavy atom. The van der Waals surface area contributed by atoms with Gasteiger partial charge in [0, 0.05) is 30.5 Å². The van der Waals surface area contributed by atoms with Crippen LogP contribution in [0.15, 0.2) is 29.4 Å². The highest BCUT2D eigenvalue weighted by Gasteiger charge is 2.08. The van der Waals surface area contributed by atoms with Crippen molar-refractivity contribution in [3.05, 3.63) is 41.7 Å². The first-order valence-electron chi connectivity index (χ1n) is 5.67. The molecule has 0 saturated carbocycles. The molecular formula is C12H13FN4OS. The molecule has 0 spiro atoms. The average molecular weight is 280 g/mol. The smallest absolute Gasteiger partial charge is 0.251 e. The van der Waals surface area contributed by atoms with E-state index in [2.05, 4.69) is 28.0 Å². The number of amides is 1. The van der Waals surface area contributed by atoms with Gasteiger partial charge in [-0.2, -0.15) is 5.10 Å². The fraction of sp³-hybridized carbons (Fsp3) is 0.250. The number of thiol groups is 1. The molecule has 1 aromatic carbocycles. The van der Waals surface area contributed by atoms with Crippen LogP contribution in [0.5, 0.6) is 0 Å². The summed E-state index contributed by atoms with van der Waals surface area (Å²) in [6.45, 7) is 0.419. The van der Waals surface area contributed by atoms with Gasteiger partial charge < -0.3 is 5.32 Å². The number of hydrogen-bond acceptors (Lipinski definition) is 4. The number of carbonyl (C=O) groups excluding carboxylic acids is 1. The van der Waals surface area contributed by atoms with Crippen LogP contribution in [0, 0.1) is 5.82 Å². The van der Waals surface area contributed by atoms with E-state index >= 15 is 0 Å². The van der Waals surface area contributed by atoms with E-state index in [-0.39, 0.29) is 10.8 Å². The molecule has 100 valence electrons. The quantitative estimate of drug-likeness (QED) is 0.828. The zero-order valence-electron chi connectivity index (χ0n) is 10.3. The van der Waals surface area contributed by atoms with Crippen molar-refractivity contribution in [1.82, 2.24) is 20.1 Å². The summed E-state index contributed by atoms with van der Waals surface area (Å²) in [6.07, 6.45) is 2.14. The lowest BCUT2D eigenvalue weighted by molar-refractivity contribution is 0.0953. The van der Waals surface area contributed by atoms with Gasteiger partial charge in [0.05, 0.1) is 0 Å². The molecule has 0 unspecified atom stereocenters. The molecule has 2 rings (SSSR count). The monoisotopic (exact) mass is 280 g/mol. The molecule has 19 heavy (non-hydrogen) atoms. The summed E-state index contributed by atoms with van der Waals surface area (Å²) in [5.41, 5.74) is 0.375. The molecule has 0 saturated heterocycles. The standard InChI is InChI=1S/C12H13FN4OS/c1-17-7-15-11(16-17)4-5-14-12(18)8-2-3-9(13)10(19)6-8/h2-3,6-7,19H,4-5H2,1H3,(H,14,18). The number of aryl methyl sites for hydroxylation is 1. The highest BCUT2D eigenvalue weighted by molar-refractivity contribution is 7.80. The molecule has 2 aromatic rings. The first-order chi connectivity index (χ1) is 9.06. The van der Waals surface area contributed by atoms with E-state index < -0.39 is 5.82 Å². The molecular weight excluding hydrogens is 267 g/mol. The molecule has 0 radical (unpaired) electrons. The lowest BCUT2D eigenvalue weighted by Crippen LogP contribution is -2.26. The van der Waals surface area contributed by atoms with Crippen LogP contribution in [0.25, 0.3) is 0 Å². The molecule has 7 heteroatoms. The second-order valence-electron chi connectivity index (χ2n) is 4.01. The Bertz CT molecular complexity index is 599. The Morgan fingerprint density at radius 3 is 2.95 bits per heavy atom. The van der Waals surface area contributed by atoms with Gasteiger partial charge in [0.15, 0.2) is 5.82 Å². The molecule has 1 amide bonds. The maximum absolute atomic E-state index is 13.0. The van der Waals surface area contributed by atoms with E-state index in [1.54, 1.807) is 18.1 Å². The Balaban J connectivity index is 1.89. The fourth-order valence-electron chi connectivity index (χ4n) is 1.54. The van der Waals surface area contributed by atoms with Gasteiger partial charge in [0.1, 0.15) is 12.1 Å². The van der Waals surface area contributed by atoms with Gasteiger partial charge in [-0.3, -0.25) is 9.48 Å². The van der Waals surface area contributed by atoms with Gasteiger partial charge in [0.25, 0.3) is 5.91 Å². The van der Waals surface area contributed by atoms with Crippen LogP contribution in [-0.4, -0.2) is 27.2 Å². The van der Waals surface area contributed by atoms with Crippen LogP contribution in [0.3, 0.4) is 0 Å². The van der Waals surface area contributed by atoms with Crippen molar-refractivity contribution in [2.24, 2.45) is 7.05 Å². The number of benzene rings is 1. The third kappa shape index (κ3) is 3.54. The first-order valence-corrected chi connectivity index (χ1v) is 6.12. The second-order valence-corrected chi connectivity index (χ2v) is 4.49. The number of aromatic nitrogens is 3. The molecule has 1 heterocycles. The van der Waals surface area contributed by atoms with Crippen molar-refractivity contribution in [3.8, 4) is 0 Å². The van der Waals surface area contributed by atoms with E-state index in [0.717, 1.165) is 0 Å². The molecule has 0 atom stereocenters. The highest BCUT2D eigenvalue weighted by Crippen LogP contribution is 2.13. The van der Waals surface area contributed by atoms with Crippen molar-refractivity contribution >= 4 is 18.5 Å². The van der Waals surface area contributed by atoms with Crippen molar-refractivity contribution in [1.29, 1.82) is 0 Å². The minimum Gasteiger partial charge on any atom is -0.352 e. The van der Waals surface area contributed by atoms with Crippen LogP contribution >= 0.6 is 12.6 Å². The Morgan fingerprint density at radius 1 is 1.53 bits per heavy atom. The van der Waals surface area contributed by atoms with Gasteiger partial charge >= 0.3 is 0 Å². The lowest BCUT2D eigenvalue weighted by Gasteiger charge is -2.04. The second kappa shape index (κ2) is 5.83. The maximum Gasteiger partial charge on any atom is 0.251 e. The molecule has 1 N–H and O–H groups in total. The molecule has 0 fully saturated rings. The lowest BCUT2D eigenvalue weighted by atomic mass is 10.2. The number of hydrogen-bond donors (Lipinski definition) is 2. The number of nitrogens with zero attached hydrogens (tertiary/aromatic N) is 3. The van der Waals surface area contributed by atoms with Gasteiger partial charge in [-0.05, 0) is 18.2 Å². The maximum atomic E-state index is 13.0. The summed E-state index contributed by atoms with van der Waals surface area (Å²) in [5, 5.41) is 6.82. The molecule has 1 aromatic heterocycles. The minimum absolute atomic E-state index is 0.152. The predicted molar refractivity (Wildman–Crippen MR) is 70.7 cm³/mol. The van der Waals surface area contributed by atoms with E-state index in [4.69, 9.17) is 0 Å². The predicted octanol–water partition coefficient (Wildman–Crippen LogP) is 1.22. The van der Waals surface area contributed by atoms with Crippen LogP contribution < -0.4 is 5.32 Å². The van der Waals surface area contributed by atoms with E-state index in [9.17, 15) is 9.18 Å². The Hall–Kier alpha value is -1.89. The van der Waals surface area contributed by atoms with E-state index in [1.165, 1.54) is 18.2 Å². The molecule has 0 aliphatic carbocycles. The summed E-state index contributed by atoms with van der Waals surface area (Å²) >= 11 is 3.94. The summed E-state index contributed by atoms with van der Waals surface area (Å²) < 4.78 is 14.6. The van der Waals surface area contributed by atoms with Crippen LogP contribution in [0.2, 0.25) is 0 Å². The van der Waals surface area contributed by atoms with Crippen molar-refractivity contribution < 1.29 is 9.18 Å². The molecule has 0 aliphatic rings. The SMILES string of the molecule is Cn1cnc(CCNC(=O)c2ccc(F)c(S)c2)n1. The van der Waals surface area contributed by atoms with Crippen LogP contribution in [0.4, 0.5) is 4.39 Å². The average Bonchev–Trinajstić information content (AvgIpc) is 2.78. The van der Waals surface area contributed by atoms with E-state index in [1.807, 2.05) is 0 Å². The topological polar surface area (TPSA) is 59.8 Å². The number of carbonyl (C=O) groups is 1. The Kier molecular flexibility index (Phi) is 4.16. The fourth-order valence-corrected chi connectivity index (χ4v) is 1.76. The molecule has 5 nitrogen and oxygen atoms in total. The van der Waals surface area contributed by atoms with Crippen LogP contribution in [0.1, 0.15) is 16.2 Å². The van der Waals surface area contributed by atoms with Gasteiger partial charge in [-0.25, -0.2) is 9.37 Å². The van der Waals surface area contributed by atoms with Crippen LogP contribution in [-0.2, 0) is 13.5 Å².